The van der Waals surface area contributed by atoms with Gasteiger partial charge in [0.25, 0.3) is 0 Å². The van der Waals surface area contributed by atoms with Gasteiger partial charge >= 0.3 is 0 Å². The third-order valence-corrected chi connectivity index (χ3v) is 10.1. The van der Waals surface area contributed by atoms with Crippen molar-refractivity contribution >= 4 is 36.7 Å². The van der Waals surface area contributed by atoms with Crippen LogP contribution in [0.25, 0.3) is 21.5 Å². The van der Waals surface area contributed by atoms with Gasteiger partial charge in [-0.2, -0.15) is 9.40 Å². The van der Waals surface area contributed by atoms with Gasteiger partial charge in [-0.3, -0.25) is 9.67 Å². The van der Waals surface area contributed by atoms with Crippen LogP contribution in [0, 0.1) is 0 Å². The Morgan fingerprint density at radius 1 is 1.15 bits per heavy atom. The summed E-state index contributed by atoms with van der Waals surface area (Å²) in [5.41, 5.74) is 2.64. The number of piperidine rings is 1. The zero-order valence-corrected chi connectivity index (χ0v) is 24.9. The van der Waals surface area contributed by atoms with Crippen LogP contribution in [-0.4, -0.2) is 81.9 Å². The van der Waals surface area contributed by atoms with Crippen LogP contribution >= 0.6 is 11.3 Å². The minimum Gasteiger partial charge on any atom is -0.457 e. The molecule has 40 heavy (non-hydrogen) atoms. The molecule has 1 aliphatic rings. The summed E-state index contributed by atoms with van der Waals surface area (Å²) in [7, 11) is -3.19. The Hall–Kier alpha value is -3.06. The topological polar surface area (TPSA) is 105 Å². The molecule has 1 atom stereocenters. The third kappa shape index (κ3) is 6.80. The number of likely N-dealkylation sites (N-methyl/N-ethyl adjacent to an activating group) is 1. The molecule has 0 saturated carbocycles. The normalized spacial score (nSPS) is 16.6. The second-order valence-corrected chi connectivity index (χ2v) is 13.2. The summed E-state index contributed by atoms with van der Waals surface area (Å²) >= 11 is 1.55. The molecule has 1 N–H and O–H groups in total. The van der Waals surface area contributed by atoms with Crippen molar-refractivity contribution in [1.82, 2.24) is 29.0 Å². The summed E-state index contributed by atoms with van der Waals surface area (Å²) in [5, 5.41) is 8.76. The van der Waals surface area contributed by atoms with Gasteiger partial charge in [0.2, 0.25) is 10.0 Å². The first kappa shape index (κ1) is 28.5. The van der Waals surface area contributed by atoms with Crippen LogP contribution in [0.3, 0.4) is 0 Å². The maximum absolute atomic E-state index is 12.3. The average molecular weight is 584 g/mol. The van der Waals surface area contributed by atoms with Gasteiger partial charge in [0.15, 0.2) is 5.13 Å². The molecule has 0 unspecified atom stereocenters. The molecule has 0 spiro atoms. The van der Waals surface area contributed by atoms with Gasteiger partial charge in [-0.15, -0.1) is 0 Å². The second-order valence-electron chi connectivity index (χ2n) is 9.89. The number of fused-ring (bicyclic) bond motifs is 1. The standard InChI is InChI=1S/C28H37N7O3S2/c1-4-33(5-2)14-15-34-19-21(18-30-34)26-16-24(11-12-29-26)38-23-9-10-25-27(17-23)39-28(32-25)31-22-8-7-13-35(20-22)40(36,37)6-3/h9-12,16-19,22H,4-8,13-15,20H2,1-3H3,(H,31,32)/t22-/m0/s1. The average Bonchev–Trinajstić information content (AvgIpc) is 3.60. The molecular weight excluding hydrogens is 546 g/mol. The lowest BCUT2D eigenvalue weighted by Gasteiger charge is -2.31. The number of anilines is 1. The van der Waals surface area contributed by atoms with E-state index in [1.165, 1.54) is 0 Å². The first-order chi connectivity index (χ1) is 19.4. The van der Waals surface area contributed by atoms with Crippen molar-refractivity contribution in [2.45, 2.75) is 46.2 Å². The number of hydrogen-bond donors (Lipinski definition) is 1. The SMILES string of the molecule is CCN(CC)CCn1cc(-c2cc(Oc3ccc4nc(N[C@H]5CCCN(S(=O)(=O)CC)C5)sc4c3)ccn2)cn1. The molecule has 0 radical (unpaired) electrons. The molecule has 1 saturated heterocycles. The molecule has 4 heterocycles. The summed E-state index contributed by atoms with van der Waals surface area (Å²) < 4.78 is 35.4. The van der Waals surface area contributed by atoms with Crippen molar-refractivity contribution in [3.63, 3.8) is 0 Å². The number of pyridine rings is 1. The highest BCUT2D eigenvalue weighted by Gasteiger charge is 2.28. The summed E-state index contributed by atoms with van der Waals surface area (Å²) in [5.74, 6) is 1.54. The van der Waals surface area contributed by atoms with Crippen molar-refractivity contribution in [2.75, 3.05) is 43.8 Å². The van der Waals surface area contributed by atoms with Gasteiger partial charge in [-0.25, -0.2) is 13.4 Å². The highest BCUT2D eigenvalue weighted by molar-refractivity contribution is 7.89. The number of aromatic nitrogens is 4. The van der Waals surface area contributed by atoms with Crippen molar-refractivity contribution < 1.29 is 13.2 Å². The number of sulfonamides is 1. The largest absolute Gasteiger partial charge is 0.457 e. The first-order valence-electron chi connectivity index (χ1n) is 13.9. The molecule has 3 aromatic heterocycles. The quantitative estimate of drug-likeness (QED) is 0.251. The van der Waals surface area contributed by atoms with Crippen LogP contribution in [0.4, 0.5) is 5.13 Å². The molecular formula is C28H37N7O3S2. The van der Waals surface area contributed by atoms with Gasteiger partial charge in [-0.05, 0) is 51.1 Å². The lowest BCUT2D eigenvalue weighted by atomic mass is 10.1. The van der Waals surface area contributed by atoms with E-state index in [-0.39, 0.29) is 11.8 Å². The Balaban J connectivity index is 1.24. The van der Waals surface area contributed by atoms with E-state index in [2.05, 4.69) is 34.1 Å². The summed E-state index contributed by atoms with van der Waals surface area (Å²) in [6, 6.07) is 9.66. The van der Waals surface area contributed by atoms with Crippen molar-refractivity contribution in [3.8, 4) is 22.8 Å². The summed E-state index contributed by atoms with van der Waals surface area (Å²) in [4.78, 5) is 11.6. The van der Waals surface area contributed by atoms with E-state index in [4.69, 9.17) is 9.72 Å². The number of nitrogens with one attached hydrogen (secondary N) is 1. The maximum atomic E-state index is 12.3. The van der Waals surface area contributed by atoms with E-state index < -0.39 is 10.0 Å². The predicted molar refractivity (Wildman–Crippen MR) is 161 cm³/mol. The predicted octanol–water partition coefficient (Wildman–Crippen LogP) is 4.91. The Morgan fingerprint density at radius 3 is 2.77 bits per heavy atom. The Labute approximate surface area is 240 Å². The van der Waals surface area contributed by atoms with Crippen molar-refractivity contribution in [1.29, 1.82) is 0 Å². The van der Waals surface area contributed by atoms with Gasteiger partial charge in [0.1, 0.15) is 11.5 Å². The fourth-order valence-electron chi connectivity index (χ4n) is 4.87. The maximum Gasteiger partial charge on any atom is 0.213 e. The van der Waals surface area contributed by atoms with Gasteiger partial charge in [0, 0.05) is 55.8 Å². The molecule has 1 fully saturated rings. The fourth-order valence-corrected chi connectivity index (χ4v) is 7.02. The fraction of sp³-hybridized carbons (Fsp3) is 0.464. The smallest absolute Gasteiger partial charge is 0.213 e. The molecule has 0 aliphatic carbocycles. The van der Waals surface area contributed by atoms with Crippen LogP contribution in [0.1, 0.15) is 33.6 Å². The molecule has 12 heteroatoms. The van der Waals surface area contributed by atoms with E-state index >= 15 is 0 Å². The number of benzene rings is 1. The minimum atomic E-state index is -3.19. The van der Waals surface area contributed by atoms with E-state index in [1.807, 2.05) is 47.4 Å². The highest BCUT2D eigenvalue weighted by atomic mass is 32.2. The summed E-state index contributed by atoms with van der Waals surface area (Å²) in [6.45, 7) is 10.9. The Bertz CT molecular complexity index is 1530. The Morgan fingerprint density at radius 2 is 1.98 bits per heavy atom. The molecule has 0 bridgehead atoms. The number of hydrogen-bond acceptors (Lipinski definition) is 9. The van der Waals surface area contributed by atoms with Crippen molar-refractivity contribution in [3.05, 3.63) is 48.9 Å². The van der Waals surface area contributed by atoms with Crippen molar-refractivity contribution in [2.24, 2.45) is 0 Å². The van der Waals surface area contributed by atoms with Crippen LogP contribution in [0.2, 0.25) is 0 Å². The van der Waals surface area contributed by atoms with Crippen LogP contribution in [0.5, 0.6) is 11.5 Å². The van der Waals surface area contributed by atoms with Crippen LogP contribution in [-0.2, 0) is 16.6 Å². The molecule has 5 rings (SSSR count). The van der Waals surface area contributed by atoms with Gasteiger partial charge < -0.3 is 15.0 Å². The lowest BCUT2D eigenvalue weighted by Crippen LogP contribution is -2.45. The monoisotopic (exact) mass is 583 g/mol. The zero-order chi connectivity index (χ0) is 28.1. The number of thiazole rings is 1. The van der Waals surface area contributed by atoms with Crippen LogP contribution < -0.4 is 10.1 Å². The number of nitrogens with zero attached hydrogens (tertiary/aromatic N) is 6. The third-order valence-electron chi connectivity index (χ3n) is 7.27. The molecule has 0 amide bonds. The molecule has 10 nitrogen and oxygen atoms in total. The molecule has 214 valence electrons. The van der Waals surface area contributed by atoms with E-state index in [0.29, 0.717) is 24.6 Å². The second kappa shape index (κ2) is 12.6. The lowest BCUT2D eigenvalue weighted by molar-refractivity contribution is 0.285. The minimum absolute atomic E-state index is 0.0446. The summed E-state index contributed by atoms with van der Waals surface area (Å²) in [6.07, 6.45) is 7.37. The molecule has 4 aromatic rings. The molecule has 1 aliphatic heterocycles. The molecule has 1 aromatic carbocycles. The van der Waals surface area contributed by atoms with E-state index in [1.54, 1.807) is 28.8 Å². The van der Waals surface area contributed by atoms with E-state index in [9.17, 15) is 8.42 Å². The van der Waals surface area contributed by atoms with Crippen LogP contribution in [0.15, 0.2) is 48.9 Å². The van der Waals surface area contributed by atoms with E-state index in [0.717, 1.165) is 65.6 Å². The van der Waals surface area contributed by atoms with Gasteiger partial charge in [0.05, 0.1) is 34.4 Å². The zero-order valence-electron chi connectivity index (χ0n) is 23.3. The highest BCUT2D eigenvalue weighted by Crippen LogP contribution is 2.33. The van der Waals surface area contributed by atoms with Gasteiger partial charge in [-0.1, -0.05) is 25.2 Å². The Kier molecular flexibility index (Phi) is 8.99. The number of ether oxygens (including phenoxy) is 1. The first-order valence-corrected chi connectivity index (χ1v) is 16.3. The number of rotatable bonds is 12.